The molecule has 0 aliphatic heterocycles. The number of halogens is 1. The summed E-state index contributed by atoms with van der Waals surface area (Å²) in [6, 6.07) is 7.94. The summed E-state index contributed by atoms with van der Waals surface area (Å²) in [5, 5.41) is 0. The van der Waals surface area contributed by atoms with Gasteiger partial charge in [-0.3, -0.25) is 4.70 Å². The van der Waals surface area contributed by atoms with Crippen molar-refractivity contribution in [1.82, 2.24) is 0 Å². The van der Waals surface area contributed by atoms with Gasteiger partial charge in [0, 0.05) is 11.3 Å². The molecule has 0 spiro atoms. The van der Waals surface area contributed by atoms with Gasteiger partial charge >= 0.3 is 0 Å². The number of rotatable bonds is 4. The van der Waals surface area contributed by atoms with Crippen LogP contribution in [0.1, 0.15) is 25.3 Å². The molecule has 104 valence electrons. The lowest BCUT2D eigenvalue weighted by Gasteiger charge is -2.29. The first-order chi connectivity index (χ1) is 8.65. The predicted molar refractivity (Wildman–Crippen MR) is 76.6 cm³/mol. The van der Waals surface area contributed by atoms with Crippen LogP contribution in [0.15, 0.2) is 48.2 Å². The summed E-state index contributed by atoms with van der Waals surface area (Å²) in [6.07, 6.45) is 7.45. The van der Waals surface area contributed by atoms with Gasteiger partial charge in [0.1, 0.15) is 5.75 Å². The van der Waals surface area contributed by atoms with Crippen molar-refractivity contribution < 1.29 is 9.44 Å². The van der Waals surface area contributed by atoms with Crippen LogP contribution in [0, 0.1) is 0 Å². The normalized spacial score (nSPS) is 21.5. The van der Waals surface area contributed by atoms with Gasteiger partial charge < -0.3 is 16.2 Å². The van der Waals surface area contributed by atoms with E-state index in [0.717, 1.165) is 23.4 Å². The van der Waals surface area contributed by atoms with Gasteiger partial charge in [0.05, 0.1) is 12.1 Å². The molecule has 0 heterocycles. The minimum Gasteiger partial charge on any atom is -0.493 e. The second-order valence-electron chi connectivity index (χ2n) is 4.63. The maximum Gasteiger partial charge on any atom is 0.124 e. The molecule has 0 amide bonds. The van der Waals surface area contributed by atoms with Gasteiger partial charge in [-0.05, 0) is 25.0 Å². The predicted octanol–water partition coefficient (Wildman–Crippen LogP) is 2.58. The lowest BCUT2D eigenvalue weighted by atomic mass is 9.84. The Bertz CT molecular complexity index is 485. The van der Waals surface area contributed by atoms with Crippen LogP contribution < -0.4 is 16.2 Å². The van der Waals surface area contributed by atoms with Crippen molar-refractivity contribution in [3.63, 3.8) is 0 Å². The smallest absolute Gasteiger partial charge is 0.124 e. The van der Waals surface area contributed by atoms with Crippen molar-refractivity contribution in [3.05, 3.63) is 53.8 Å². The van der Waals surface area contributed by atoms with E-state index in [1.165, 1.54) is 0 Å². The van der Waals surface area contributed by atoms with E-state index in [0.29, 0.717) is 13.0 Å². The molecule has 1 aliphatic carbocycles. The number of para-hydroxylation sites is 1. The number of nitrogens with two attached hydrogens (primary N) is 2. The molecule has 1 aromatic carbocycles. The van der Waals surface area contributed by atoms with Gasteiger partial charge in [-0.2, -0.15) is 0 Å². The number of benzene rings is 1. The van der Waals surface area contributed by atoms with Crippen molar-refractivity contribution in [2.75, 3.05) is 6.61 Å². The SMILES string of the molecule is CCCOc1ccccc1C1(N)C=CC(N)=CC1.F. The highest BCUT2D eigenvalue weighted by molar-refractivity contribution is 5.44. The largest absolute Gasteiger partial charge is 0.493 e. The Kier molecular flexibility index (Phi) is 5.12. The number of allylic oxidation sites excluding steroid dienone is 1. The molecular formula is C15H21FN2O. The molecule has 0 radical (unpaired) electrons. The van der Waals surface area contributed by atoms with E-state index in [9.17, 15) is 0 Å². The lowest BCUT2D eigenvalue weighted by Crippen LogP contribution is -2.36. The molecule has 0 fully saturated rings. The third-order valence-electron chi connectivity index (χ3n) is 3.10. The summed E-state index contributed by atoms with van der Waals surface area (Å²) in [6.45, 7) is 2.79. The van der Waals surface area contributed by atoms with Crippen LogP contribution in [0.2, 0.25) is 0 Å². The van der Waals surface area contributed by atoms with E-state index < -0.39 is 5.54 Å². The Morgan fingerprint density at radius 2 is 2.05 bits per heavy atom. The topological polar surface area (TPSA) is 61.3 Å². The molecule has 19 heavy (non-hydrogen) atoms. The Labute approximate surface area is 113 Å². The van der Waals surface area contributed by atoms with Crippen molar-refractivity contribution in [2.45, 2.75) is 25.3 Å². The molecule has 1 aliphatic rings. The van der Waals surface area contributed by atoms with E-state index >= 15 is 0 Å². The quantitative estimate of drug-likeness (QED) is 0.878. The zero-order chi connectivity index (χ0) is 13.0. The maximum absolute atomic E-state index is 6.45. The molecule has 4 heteroatoms. The monoisotopic (exact) mass is 264 g/mol. The van der Waals surface area contributed by atoms with Gasteiger partial charge in [0.2, 0.25) is 0 Å². The van der Waals surface area contributed by atoms with Crippen LogP contribution in [0.3, 0.4) is 0 Å². The van der Waals surface area contributed by atoms with Gasteiger partial charge in [-0.1, -0.05) is 37.3 Å². The molecule has 1 unspecified atom stereocenters. The van der Waals surface area contributed by atoms with Crippen LogP contribution in [-0.2, 0) is 5.54 Å². The fourth-order valence-corrected chi connectivity index (χ4v) is 2.06. The Hall–Kier alpha value is -1.81. The van der Waals surface area contributed by atoms with Crippen LogP contribution in [0.4, 0.5) is 4.70 Å². The molecule has 2 rings (SSSR count). The maximum atomic E-state index is 6.45. The van der Waals surface area contributed by atoms with Crippen molar-refractivity contribution in [1.29, 1.82) is 0 Å². The molecule has 1 atom stereocenters. The molecular weight excluding hydrogens is 243 g/mol. The van der Waals surface area contributed by atoms with Crippen LogP contribution in [-0.4, -0.2) is 6.61 Å². The van der Waals surface area contributed by atoms with E-state index in [1.54, 1.807) is 0 Å². The Morgan fingerprint density at radius 3 is 2.68 bits per heavy atom. The highest BCUT2D eigenvalue weighted by Crippen LogP contribution is 2.34. The summed E-state index contributed by atoms with van der Waals surface area (Å²) in [7, 11) is 0. The number of ether oxygens (including phenoxy) is 1. The molecule has 0 saturated carbocycles. The minimum absolute atomic E-state index is 0. The number of hydrogen-bond acceptors (Lipinski definition) is 3. The van der Waals surface area contributed by atoms with E-state index in [-0.39, 0.29) is 4.70 Å². The highest BCUT2D eigenvalue weighted by Gasteiger charge is 2.28. The third kappa shape index (κ3) is 3.35. The first-order valence-electron chi connectivity index (χ1n) is 6.32. The van der Waals surface area contributed by atoms with Crippen molar-refractivity contribution in [2.24, 2.45) is 11.5 Å². The molecule has 0 saturated heterocycles. The first-order valence-corrected chi connectivity index (χ1v) is 6.32. The van der Waals surface area contributed by atoms with Gasteiger partial charge in [0.15, 0.2) is 0 Å². The average Bonchev–Trinajstić information content (AvgIpc) is 2.40. The lowest BCUT2D eigenvalue weighted by molar-refractivity contribution is 0.308. The zero-order valence-electron chi connectivity index (χ0n) is 11.1. The van der Waals surface area contributed by atoms with Gasteiger partial charge in [0.25, 0.3) is 0 Å². The molecule has 3 nitrogen and oxygen atoms in total. The van der Waals surface area contributed by atoms with Crippen LogP contribution in [0.25, 0.3) is 0 Å². The van der Waals surface area contributed by atoms with Gasteiger partial charge in [-0.25, -0.2) is 0 Å². The average molecular weight is 264 g/mol. The fourth-order valence-electron chi connectivity index (χ4n) is 2.06. The third-order valence-corrected chi connectivity index (χ3v) is 3.10. The summed E-state index contributed by atoms with van der Waals surface area (Å²) >= 11 is 0. The number of hydrogen-bond donors (Lipinski definition) is 2. The van der Waals surface area contributed by atoms with E-state index in [4.69, 9.17) is 16.2 Å². The zero-order valence-corrected chi connectivity index (χ0v) is 11.1. The van der Waals surface area contributed by atoms with Gasteiger partial charge in [-0.15, -0.1) is 0 Å². The second-order valence-corrected chi connectivity index (χ2v) is 4.63. The first kappa shape index (κ1) is 15.2. The molecule has 0 aromatic heterocycles. The standard InChI is InChI=1S/C15H20N2O.FH/c1-2-11-18-14-6-4-3-5-13(14)15(17)9-7-12(16)8-10-15;/h3-9H,2,10-11,16-17H2,1H3;1H. The minimum atomic E-state index is -0.521. The highest BCUT2D eigenvalue weighted by atomic mass is 19.0. The summed E-state index contributed by atoms with van der Waals surface area (Å²) in [5.74, 6) is 0.861. The Balaban J connectivity index is 0.00000180. The summed E-state index contributed by atoms with van der Waals surface area (Å²) in [5.41, 5.74) is 13.4. The van der Waals surface area contributed by atoms with E-state index in [1.807, 2.05) is 42.5 Å². The van der Waals surface area contributed by atoms with E-state index in [2.05, 4.69) is 6.92 Å². The van der Waals surface area contributed by atoms with Crippen LogP contribution >= 0.6 is 0 Å². The summed E-state index contributed by atoms with van der Waals surface area (Å²) in [4.78, 5) is 0. The van der Waals surface area contributed by atoms with Crippen molar-refractivity contribution >= 4 is 0 Å². The van der Waals surface area contributed by atoms with Crippen LogP contribution in [0.5, 0.6) is 5.75 Å². The molecule has 4 N–H and O–H groups in total. The van der Waals surface area contributed by atoms with Crippen molar-refractivity contribution in [3.8, 4) is 5.75 Å². The Morgan fingerprint density at radius 1 is 1.32 bits per heavy atom. The molecule has 1 aromatic rings. The summed E-state index contributed by atoms with van der Waals surface area (Å²) < 4.78 is 5.77. The second kappa shape index (κ2) is 6.38. The fraction of sp³-hybridized carbons (Fsp3) is 0.333. The molecule has 0 bridgehead atoms.